The van der Waals surface area contributed by atoms with Gasteiger partial charge in [-0.3, -0.25) is 4.79 Å². The summed E-state index contributed by atoms with van der Waals surface area (Å²) in [5.41, 5.74) is 1.02. The van der Waals surface area contributed by atoms with E-state index in [2.05, 4.69) is 28.6 Å². The number of benzene rings is 2. The van der Waals surface area contributed by atoms with Crippen molar-refractivity contribution < 1.29 is 9.53 Å². The number of rotatable bonds is 7. The number of nitrogens with zero attached hydrogens (tertiary/aromatic N) is 2. The zero-order valence-corrected chi connectivity index (χ0v) is 16.6. The minimum absolute atomic E-state index is 0.0832. The van der Waals surface area contributed by atoms with E-state index in [-0.39, 0.29) is 5.91 Å². The molecule has 0 unspecified atom stereocenters. The third-order valence-corrected chi connectivity index (χ3v) is 5.89. The van der Waals surface area contributed by atoms with E-state index in [0.29, 0.717) is 13.0 Å². The molecule has 1 amide bonds. The fourth-order valence-electron chi connectivity index (χ4n) is 2.68. The lowest BCUT2D eigenvalue weighted by atomic mass is 10.3. The number of thioether (sulfide) groups is 1. The molecule has 4 nitrogen and oxygen atoms in total. The highest BCUT2D eigenvalue weighted by atomic mass is 32.2. The van der Waals surface area contributed by atoms with E-state index in [1.165, 1.54) is 16.2 Å². The van der Waals surface area contributed by atoms with Gasteiger partial charge in [0.05, 0.1) is 11.3 Å². The van der Waals surface area contributed by atoms with Gasteiger partial charge >= 0.3 is 0 Å². The molecule has 0 aliphatic heterocycles. The summed E-state index contributed by atoms with van der Waals surface area (Å²) in [7, 11) is 0. The summed E-state index contributed by atoms with van der Waals surface area (Å²) in [5.74, 6) is 1.49. The fourth-order valence-corrected chi connectivity index (χ4v) is 4.67. The van der Waals surface area contributed by atoms with Gasteiger partial charge in [0.1, 0.15) is 11.3 Å². The lowest BCUT2D eigenvalue weighted by molar-refractivity contribution is -0.117. The number of thiazole rings is 1. The van der Waals surface area contributed by atoms with Gasteiger partial charge in [0, 0.05) is 23.6 Å². The van der Waals surface area contributed by atoms with E-state index < -0.39 is 0 Å². The van der Waals surface area contributed by atoms with E-state index >= 15 is 0 Å². The van der Waals surface area contributed by atoms with E-state index in [1.54, 1.807) is 11.8 Å². The lowest BCUT2D eigenvalue weighted by Crippen LogP contribution is -2.16. The molecule has 136 valence electrons. The molecule has 0 bridgehead atoms. The van der Waals surface area contributed by atoms with Crippen molar-refractivity contribution in [2.24, 2.45) is 4.99 Å². The Morgan fingerprint density at radius 2 is 1.96 bits per heavy atom. The summed E-state index contributed by atoms with van der Waals surface area (Å²) >= 11 is 3.21. The molecule has 3 aromatic rings. The van der Waals surface area contributed by atoms with Crippen LogP contribution in [0.3, 0.4) is 0 Å². The van der Waals surface area contributed by atoms with Crippen LogP contribution in [0, 0.1) is 0 Å². The topological polar surface area (TPSA) is 43.6 Å². The van der Waals surface area contributed by atoms with Crippen molar-refractivity contribution in [3.8, 4) is 5.75 Å². The molecule has 26 heavy (non-hydrogen) atoms. The van der Waals surface area contributed by atoms with Crippen LogP contribution in [0.5, 0.6) is 5.75 Å². The van der Waals surface area contributed by atoms with Gasteiger partial charge < -0.3 is 9.30 Å². The Hall–Kier alpha value is -2.05. The zero-order valence-electron chi connectivity index (χ0n) is 15.0. The molecule has 2 aromatic carbocycles. The second-order valence-corrected chi connectivity index (χ2v) is 7.76. The SMILES string of the molecule is CCOc1cccc2sc(=NC(=O)CCSc3ccccc3)n(CC)c12. The summed E-state index contributed by atoms with van der Waals surface area (Å²) in [6.07, 6.45) is 0.426. The van der Waals surface area contributed by atoms with Crippen molar-refractivity contribution >= 4 is 39.2 Å². The van der Waals surface area contributed by atoms with Crippen molar-refractivity contribution in [2.45, 2.75) is 31.7 Å². The molecule has 0 radical (unpaired) electrons. The summed E-state index contributed by atoms with van der Waals surface area (Å²) < 4.78 is 8.90. The van der Waals surface area contributed by atoms with Crippen LogP contribution in [-0.4, -0.2) is 22.8 Å². The molecule has 1 heterocycles. The quantitative estimate of drug-likeness (QED) is 0.551. The normalized spacial score (nSPS) is 11.8. The van der Waals surface area contributed by atoms with Crippen molar-refractivity contribution in [1.29, 1.82) is 0 Å². The lowest BCUT2D eigenvalue weighted by Gasteiger charge is -2.07. The average molecular weight is 387 g/mol. The van der Waals surface area contributed by atoms with Gasteiger partial charge in [0.15, 0.2) is 4.80 Å². The number of para-hydroxylation sites is 1. The third kappa shape index (κ3) is 4.37. The van der Waals surface area contributed by atoms with Crippen LogP contribution in [0.2, 0.25) is 0 Å². The van der Waals surface area contributed by atoms with E-state index in [0.717, 1.165) is 33.1 Å². The highest BCUT2D eigenvalue weighted by molar-refractivity contribution is 7.99. The number of aryl methyl sites for hydroxylation is 1. The van der Waals surface area contributed by atoms with Crippen LogP contribution in [0.15, 0.2) is 58.4 Å². The number of ether oxygens (including phenoxy) is 1. The van der Waals surface area contributed by atoms with Crippen LogP contribution in [-0.2, 0) is 11.3 Å². The number of carbonyl (C=O) groups is 1. The molecule has 6 heteroatoms. The zero-order chi connectivity index (χ0) is 18.4. The molecule has 0 N–H and O–H groups in total. The van der Waals surface area contributed by atoms with Gasteiger partial charge in [-0.15, -0.1) is 11.8 Å². The predicted molar refractivity (Wildman–Crippen MR) is 109 cm³/mol. The maximum atomic E-state index is 12.3. The minimum atomic E-state index is -0.0832. The summed E-state index contributed by atoms with van der Waals surface area (Å²) in [4.78, 5) is 18.6. The first kappa shape index (κ1) is 18.7. The van der Waals surface area contributed by atoms with Crippen LogP contribution < -0.4 is 9.54 Å². The molecule has 0 aliphatic rings. The number of carbonyl (C=O) groups excluding carboxylic acids is 1. The molecule has 0 atom stereocenters. The summed E-state index contributed by atoms with van der Waals surface area (Å²) in [6, 6.07) is 16.1. The standard InChI is InChI=1S/C20H22N2O2S2/c1-3-22-19-16(24-4-2)11-8-12-17(19)26-20(22)21-18(23)13-14-25-15-9-6-5-7-10-15/h5-12H,3-4,13-14H2,1-2H3. The van der Waals surface area contributed by atoms with Crippen LogP contribution in [0.25, 0.3) is 10.2 Å². The molecule has 0 aliphatic carbocycles. The first-order valence-corrected chi connectivity index (χ1v) is 10.5. The number of hydrogen-bond acceptors (Lipinski definition) is 4. The predicted octanol–water partition coefficient (Wildman–Crippen LogP) is 4.73. The van der Waals surface area contributed by atoms with Gasteiger partial charge in [0.2, 0.25) is 5.91 Å². The summed E-state index contributed by atoms with van der Waals surface area (Å²) in [6.45, 7) is 5.39. The Morgan fingerprint density at radius 1 is 1.15 bits per heavy atom. The Bertz CT molecular complexity index is 945. The largest absolute Gasteiger partial charge is 0.492 e. The van der Waals surface area contributed by atoms with Crippen molar-refractivity contribution in [2.75, 3.05) is 12.4 Å². The summed E-state index contributed by atoms with van der Waals surface area (Å²) in [5, 5.41) is 0. The second kappa shape index (κ2) is 9.05. The smallest absolute Gasteiger partial charge is 0.249 e. The third-order valence-electron chi connectivity index (χ3n) is 3.83. The Morgan fingerprint density at radius 3 is 2.69 bits per heavy atom. The van der Waals surface area contributed by atoms with E-state index in [9.17, 15) is 4.79 Å². The van der Waals surface area contributed by atoms with Crippen molar-refractivity contribution in [3.05, 3.63) is 53.3 Å². The second-order valence-electron chi connectivity index (χ2n) is 5.58. The van der Waals surface area contributed by atoms with Gasteiger partial charge in [0.25, 0.3) is 0 Å². The molecular formula is C20H22N2O2S2. The first-order chi connectivity index (χ1) is 12.7. The molecule has 0 fully saturated rings. The Kier molecular flexibility index (Phi) is 6.52. The van der Waals surface area contributed by atoms with Crippen molar-refractivity contribution in [3.63, 3.8) is 0 Å². The van der Waals surface area contributed by atoms with Gasteiger partial charge in [-0.25, -0.2) is 0 Å². The molecule has 1 aromatic heterocycles. The van der Waals surface area contributed by atoms with Crippen LogP contribution in [0.1, 0.15) is 20.3 Å². The molecule has 0 saturated heterocycles. The first-order valence-electron chi connectivity index (χ1n) is 8.73. The van der Waals surface area contributed by atoms with Crippen LogP contribution >= 0.6 is 23.1 Å². The average Bonchev–Trinajstić information content (AvgIpc) is 3.00. The van der Waals surface area contributed by atoms with Gasteiger partial charge in [-0.2, -0.15) is 4.99 Å². The number of aromatic nitrogens is 1. The number of hydrogen-bond donors (Lipinski definition) is 0. The molecule has 0 spiro atoms. The molecule has 3 rings (SSSR count). The fraction of sp³-hybridized carbons (Fsp3) is 0.300. The molecular weight excluding hydrogens is 364 g/mol. The van der Waals surface area contributed by atoms with E-state index in [1.807, 2.05) is 43.3 Å². The monoisotopic (exact) mass is 386 g/mol. The maximum absolute atomic E-state index is 12.3. The maximum Gasteiger partial charge on any atom is 0.249 e. The number of amides is 1. The van der Waals surface area contributed by atoms with E-state index in [4.69, 9.17) is 4.74 Å². The number of fused-ring (bicyclic) bond motifs is 1. The van der Waals surface area contributed by atoms with Gasteiger partial charge in [-0.05, 0) is 38.1 Å². The van der Waals surface area contributed by atoms with Crippen molar-refractivity contribution in [1.82, 2.24) is 4.57 Å². The Labute approximate surface area is 161 Å². The molecule has 0 saturated carbocycles. The van der Waals surface area contributed by atoms with Gasteiger partial charge in [-0.1, -0.05) is 35.6 Å². The highest BCUT2D eigenvalue weighted by Gasteiger charge is 2.11. The van der Waals surface area contributed by atoms with Crippen LogP contribution in [0.4, 0.5) is 0 Å². The Balaban J connectivity index is 1.80. The minimum Gasteiger partial charge on any atom is -0.492 e. The highest BCUT2D eigenvalue weighted by Crippen LogP contribution is 2.27.